The number of thiazole rings is 1. The van der Waals surface area contributed by atoms with E-state index >= 15 is 0 Å². The van der Waals surface area contributed by atoms with Crippen LogP contribution < -0.4 is 5.73 Å². The Kier molecular flexibility index (Phi) is 3.37. The minimum Gasteiger partial charge on any atom is -0.375 e. The molecule has 0 aliphatic heterocycles. The third-order valence-corrected chi connectivity index (χ3v) is 4.21. The van der Waals surface area contributed by atoms with Crippen molar-refractivity contribution < 1.29 is 0 Å². The Morgan fingerprint density at radius 3 is 2.52 bits per heavy atom. The van der Waals surface area contributed by atoms with Gasteiger partial charge in [0.1, 0.15) is 0 Å². The molecule has 0 fully saturated rings. The fraction of sp³-hybridized carbons (Fsp3) is 0.312. The Bertz CT molecular complexity index is 786. The van der Waals surface area contributed by atoms with E-state index in [2.05, 4.69) is 47.9 Å². The number of aromatic nitrogens is 3. The van der Waals surface area contributed by atoms with Gasteiger partial charge in [0.05, 0.1) is 16.7 Å². The van der Waals surface area contributed by atoms with Gasteiger partial charge in [0.15, 0.2) is 5.13 Å². The van der Waals surface area contributed by atoms with E-state index in [1.54, 1.807) is 23.7 Å². The zero-order valence-corrected chi connectivity index (χ0v) is 13.2. The van der Waals surface area contributed by atoms with E-state index in [0.29, 0.717) is 5.13 Å². The highest BCUT2D eigenvalue weighted by atomic mass is 32.1. The van der Waals surface area contributed by atoms with Gasteiger partial charge in [-0.25, -0.2) is 4.98 Å². The summed E-state index contributed by atoms with van der Waals surface area (Å²) in [6.45, 7) is 6.49. The maximum atomic E-state index is 5.91. The molecule has 0 saturated carbocycles. The Labute approximate surface area is 128 Å². The summed E-state index contributed by atoms with van der Waals surface area (Å²) >= 11 is 1.57. The average molecular weight is 298 g/mol. The smallest absolute Gasteiger partial charge is 0.180 e. The van der Waals surface area contributed by atoms with E-state index in [-0.39, 0.29) is 5.41 Å². The van der Waals surface area contributed by atoms with E-state index in [1.165, 1.54) is 10.4 Å². The first-order valence-corrected chi connectivity index (χ1v) is 7.70. The lowest BCUT2D eigenvalue weighted by Gasteiger charge is -2.17. The number of hydrogen-bond acceptors (Lipinski definition) is 5. The lowest BCUT2D eigenvalue weighted by Crippen LogP contribution is -2.14. The van der Waals surface area contributed by atoms with Crippen molar-refractivity contribution in [2.45, 2.75) is 32.6 Å². The summed E-state index contributed by atoms with van der Waals surface area (Å²) in [6.07, 6.45) is 4.26. The number of nitrogens with two attached hydrogens (primary N) is 1. The first kappa shape index (κ1) is 13.9. The molecule has 0 amide bonds. The summed E-state index contributed by atoms with van der Waals surface area (Å²) in [5.41, 5.74) is 10.0. The number of rotatable bonds is 2. The van der Waals surface area contributed by atoms with Crippen LogP contribution in [-0.2, 0) is 11.8 Å². The van der Waals surface area contributed by atoms with Crippen molar-refractivity contribution in [2.24, 2.45) is 0 Å². The van der Waals surface area contributed by atoms with Gasteiger partial charge in [-0.05, 0) is 17.7 Å². The van der Waals surface area contributed by atoms with E-state index in [9.17, 15) is 0 Å². The third-order valence-electron chi connectivity index (χ3n) is 3.32. The number of anilines is 1. The predicted octanol–water partition coefficient (Wildman–Crippen LogP) is 3.56. The second-order valence-corrected chi connectivity index (χ2v) is 7.25. The minimum atomic E-state index is 0.000106. The van der Waals surface area contributed by atoms with Crippen LogP contribution in [-0.4, -0.2) is 15.0 Å². The van der Waals surface area contributed by atoms with Crippen LogP contribution in [0.4, 0.5) is 5.13 Å². The fourth-order valence-corrected chi connectivity index (χ4v) is 3.46. The summed E-state index contributed by atoms with van der Waals surface area (Å²) < 4.78 is 0. The van der Waals surface area contributed by atoms with Crippen LogP contribution in [0.15, 0.2) is 30.6 Å². The van der Waals surface area contributed by atoms with Crippen LogP contribution in [0.1, 0.15) is 36.9 Å². The fourth-order valence-electron chi connectivity index (χ4n) is 2.38. The monoisotopic (exact) mass is 298 g/mol. The van der Waals surface area contributed by atoms with E-state index in [4.69, 9.17) is 5.73 Å². The molecule has 3 aromatic rings. The largest absolute Gasteiger partial charge is 0.375 e. The number of nitrogens with zero attached hydrogens (tertiary/aromatic N) is 3. The molecule has 0 aliphatic rings. The maximum absolute atomic E-state index is 5.91. The second kappa shape index (κ2) is 5.07. The second-order valence-electron chi connectivity index (χ2n) is 6.13. The van der Waals surface area contributed by atoms with Crippen LogP contribution >= 0.6 is 11.3 Å². The van der Waals surface area contributed by atoms with Gasteiger partial charge in [0.2, 0.25) is 0 Å². The molecule has 3 rings (SSSR count). The van der Waals surface area contributed by atoms with Crippen molar-refractivity contribution in [2.75, 3.05) is 5.73 Å². The van der Waals surface area contributed by atoms with E-state index in [0.717, 1.165) is 23.1 Å². The molecule has 0 saturated heterocycles. The third kappa shape index (κ3) is 2.88. The lowest BCUT2D eigenvalue weighted by molar-refractivity contribution is 0.568. The molecule has 4 nitrogen and oxygen atoms in total. The summed E-state index contributed by atoms with van der Waals surface area (Å²) in [7, 11) is 0. The van der Waals surface area contributed by atoms with Crippen molar-refractivity contribution in [1.29, 1.82) is 0 Å². The van der Waals surface area contributed by atoms with Crippen molar-refractivity contribution >= 4 is 27.5 Å². The van der Waals surface area contributed by atoms with Gasteiger partial charge in [0, 0.05) is 29.1 Å². The molecule has 0 atom stereocenters. The van der Waals surface area contributed by atoms with Crippen LogP contribution in [0.2, 0.25) is 0 Å². The summed E-state index contributed by atoms with van der Waals surface area (Å²) in [4.78, 5) is 14.4. The molecule has 2 aromatic heterocycles. The molecular weight excluding hydrogens is 280 g/mol. The number of nitrogen functional groups attached to an aromatic ring is 1. The average Bonchev–Trinajstić information content (AvgIpc) is 2.79. The minimum absolute atomic E-state index is 0.000106. The quantitative estimate of drug-likeness (QED) is 0.785. The first-order chi connectivity index (χ1) is 9.93. The first-order valence-electron chi connectivity index (χ1n) is 6.89. The molecule has 0 aliphatic carbocycles. The molecule has 21 heavy (non-hydrogen) atoms. The van der Waals surface area contributed by atoms with Crippen molar-refractivity contribution in [3.63, 3.8) is 0 Å². The number of hydrogen-bond donors (Lipinski definition) is 1. The van der Waals surface area contributed by atoms with Gasteiger partial charge in [-0.1, -0.05) is 26.8 Å². The molecule has 0 unspecified atom stereocenters. The Hall–Kier alpha value is -2.01. The zero-order chi connectivity index (χ0) is 15.0. The van der Waals surface area contributed by atoms with Gasteiger partial charge < -0.3 is 5.73 Å². The molecule has 1 aromatic carbocycles. The van der Waals surface area contributed by atoms with Crippen molar-refractivity contribution in [3.05, 3.63) is 46.7 Å². The molecular formula is C16H18N4S. The maximum Gasteiger partial charge on any atom is 0.180 e. The number of fused-ring (bicyclic) bond motifs is 1. The topological polar surface area (TPSA) is 64.7 Å². The van der Waals surface area contributed by atoms with E-state index in [1.807, 2.05) is 6.07 Å². The van der Waals surface area contributed by atoms with Gasteiger partial charge in [-0.15, -0.1) is 11.3 Å². The molecule has 0 spiro atoms. The Balaban J connectivity index is 1.99. The summed E-state index contributed by atoms with van der Waals surface area (Å²) in [6, 6.07) is 6.20. The summed E-state index contributed by atoms with van der Waals surface area (Å²) in [5, 5.41) is 0.635. The van der Waals surface area contributed by atoms with E-state index < -0.39 is 0 Å². The van der Waals surface area contributed by atoms with Crippen molar-refractivity contribution in [1.82, 2.24) is 15.0 Å². The highest BCUT2D eigenvalue weighted by Gasteiger charge is 2.22. The highest BCUT2D eigenvalue weighted by molar-refractivity contribution is 7.15. The zero-order valence-electron chi connectivity index (χ0n) is 12.4. The standard InChI is InChI=1S/C16H18N4S/c1-16(2,3)14-13(21-15(17)20-14)9-10-4-5-11-12(8-10)19-7-6-18-11/h4-8H,9H2,1-3H3,(H2,17,20). The van der Waals surface area contributed by atoms with Crippen LogP contribution in [0, 0.1) is 0 Å². The molecule has 0 radical (unpaired) electrons. The van der Waals surface area contributed by atoms with Gasteiger partial charge in [-0.2, -0.15) is 0 Å². The SMILES string of the molecule is CC(C)(C)c1nc(N)sc1Cc1ccc2nccnc2c1. The van der Waals surface area contributed by atoms with Crippen LogP contribution in [0.3, 0.4) is 0 Å². The molecule has 2 heterocycles. The predicted molar refractivity (Wildman–Crippen MR) is 87.6 cm³/mol. The van der Waals surface area contributed by atoms with Crippen molar-refractivity contribution in [3.8, 4) is 0 Å². The Morgan fingerprint density at radius 2 is 1.81 bits per heavy atom. The van der Waals surface area contributed by atoms with Gasteiger partial charge in [-0.3, -0.25) is 9.97 Å². The van der Waals surface area contributed by atoms with Crippen LogP contribution in [0.25, 0.3) is 11.0 Å². The normalized spacial score (nSPS) is 12.0. The van der Waals surface area contributed by atoms with Gasteiger partial charge in [0.25, 0.3) is 0 Å². The molecule has 0 bridgehead atoms. The highest BCUT2D eigenvalue weighted by Crippen LogP contribution is 2.32. The van der Waals surface area contributed by atoms with Gasteiger partial charge >= 0.3 is 0 Å². The molecule has 108 valence electrons. The number of benzene rings is 1. The lowest BCUT2D eigenvalue weighted by atomic mass is 9.90. The van der Waals surface area contributed by atoms with Crippen LogP contribution in [0.5, 0.6) is 0 Å². The molecule has 2 N–H and O–H groups in total. The Morgan fingerprint density at radius 1 is 1.10 bits per heavy atom. The molecule has 5 heteroatoms. The summed E-state index contributed by atoms with van der Waals surface area (Å²) in [5.74, 6) is 0.